The van der Waals surface area contributed by atoms with Crippen molar-refractivity contribution >= 4 is 64.2 Å². The summed E-state index contributed by atoms with van der Waals surface area (Å²) in [6, 6.07) is -0.373. The largest absolute Gasteiger partial charge is 0.511 e. The summed E-state index contributed by atoms with van der Waals surface area (Å²) in [5.74, 6) is -0.177. The fraction of sp³-hybridized carbons (Fsp3) is 0.559. The summed E-state index contributed by atoms with van der Waals surface area (Å²) in [4.78, 5) is 83.2. The molecule has 2 fully saturated rings. The first-order chi connectivity index (χ1) is 24.5. The maximum Gasteiger partial charge on any atom is 0.511 e. The topological polar surface area (TPSA) is 192 Å². The molecule has 1 aromatic rings. The number of allylic oxidation sites excluding steroid dienone is 1. The molecule has 1 aromatic heterocycles. The number of ether oxygens (including phenoxy) is 5. The molecule has 0 saturated carbocycles. The second-order valence-corrected chi connectivity index (χ2v) is 14.8. The summed E-state index contributed by atoms with van der Waals surface area (Å²) in [5.41, 5.74) is 1.41. The number of alkyl carbamates (subject to hydrolysis) is 1. The molecular weight excluding hydrogens is 719 g/mol. The molecule has 3 amide bonds. The Hall–Kier alpha value is -4.76. The van der Waals surface area contributed by atoms with Gasteiger partial charge in [0.15, 0.2) is 5.13 Å². The van der Waals surface area contributed by atoms with E-state index in [1.54, 1.807) is 33.1 Å². The molecule has 5 atom stereocenters. The van der Waals surface area contributed by atoms with Gasteiger partial charge in [0.05, 0.1) is 30.5 Å². The van der Waals surface area contributed by atoms with E-state index in [2.05, 4.69) is 21.5 Å². The molecule has 5 unspecified atom stereocenters. The smallest absolute Gasteiger partial charge is 0.431 e. The van der Waals surface area contributed by atoms with Gasteiger partial charge in [-0.1, -0.05) is 18.4 Å². The van der Waals surface area contributed by atoms with E-state index < -0.39 is 54.7 Å². The van der Waals surface area contributed by atoms with Crippen LogP contribution in [0.25, 0.3) is 0 Å². The van der Waals surface area contributed by atoms with Crippen LogP contribution in [0, 0.1) is 24.2 Å². The van der Waals surface area contributed by atoms with E-state index in [0.29, 0.717) is 35.2 Å². The minimum atomic E-state index is -1.28. The summed E-state index contributed by atoms with van der Waals surface area (Å²) in [5, 5.41) is 7.50. The quantitative estimate of drug-likeness (QED) is 0.0913. The number of hydrogen-bond donors (Lipinski definition) is 2. The number of esters is 2. The zero-order valence-electron chi connectivity index (χ0n) is 30.2. The van der Waals surface area contributed by atoms with Crippen molar-refractivity contribution in [2.24, 2.45) is 11.8 Å². The first-order valence-corrected chi connectivity index (χ1v) is 18.4. The van der Waals surface area contributed by atoms with Crippen LogP contribution in [0.5, 0.6) is 0 Å². The summed E-state index contributed by atoms with van der Waals surface area (Å²) in [7, 11) is 0. The number of nitrogens with one attached hydrogen (secondary N) is 2. The van der Waals surface area contributed by atoms with Gasteiger partial charge in [-0.05, 0) is 34.1 Å². The molecule has 0 bridgehead atoms. The molecule has 2 N–H and O–H groups in total. The molecule has 4 heterocycles. The maximum atomic E-state index is 13.5. The van der Waals surface area contributed by atoms with Crippen molar-refractivity contribution in [2.75, 3.05) is 24.5 Å². The number of amides is 3. The van der Waals surface area contributed by atoms with Crippen molar-refractivity contribution in [1.82, 2.24) is 20.5 Å². The van der Waals surface area contributed by atoms with E-state index in [9.17, 15) is 28.8 Å². The Balaban J connectivity index is 1.38. The van der Waals surface area contributed by atoms with Gasteiger partial charge >= 0.3 is 24.2 Å². The number of terminal acetylenes is 1. The highest BCUT2D eigenvalue weighted by atomic mass is 32.2. The number of carbonyl (C=O) groups is 6. The lowest BCUT2D eigenvalue weighted by molar-refractivity contribution is -0.171. The molecule has 0 aliphatic carbocycles. The van der Waals surface area contributed by atoms with Gasteiger partial charge in [-0.3, -0.25) is 19.3 Å². The zero-order chi connectivity index (χ0) is 38.4. The number of thioether (sulfide) groups is 1. The third kappa shape index (κ3) is 9.36. The Labute approximate surface area is 309 Å². The van der Waals surface area contributed by atoms with Crippen molar-refractivity contribution in [1.29, 1.82) is 0 Å². The summed E-state index contributed by atoms with van der Waals surface area (Å²) in [6.45, 7) is 13.7. The Kier molecular flexibility index (Phi) is 13.2. The minimum Gasteiger partial charge on any atom is -0.431 e. The van der Waals surface area contributed by atoms with E-state index in [1.165, 1.54) is 48.8 Å². The standard InChI is InChI=1S/C34H43N5O11S2/c1-10-22-26-23(11-2)30(42)39(26)27(31(43)48-20(9)50-34(45)46-17(5)6)28(22)52-21-13-38(14-21)32-37-25(15-51-32)29(41)36-24(16(3)4)12-35-33(44)49-19(8)47-18(7)40/h1,15,17,19-23,26H,11-14H2,2-9H3,(H,35,44)(H,36,41). The van der Waals surface area contributed by atoms with E-state index in [-0.39, 0.29) is 41.1 Å². The third-order valence-corrected chi connectivity index (χ3v) is 10.3. The normalized spacial score (nSPS) is 20.4. The fourth-order valence-corrected chi connectivity index (χ4v) is 8.00. The molecule has 18 heteroatoms. The van der Waals surface area contributed by atoms with Gasteiger partial charge in [-0.15, -0.1) is 29.5 Å². The van der Waals surface area contributed by atoms with Crippen LogP contribution in [0.2, 0.25) is 0 Å². The van der Waals surface area contributed by atoms with Crippen molar-refractivity contribution in [2.45, 2.75) is 91.8 Å². The Morgan fingerprint density at radius 1 is 1.04 bits per heavy atom. The molecule has 4 rings (SSSR count). The molecular formula is C34H43N5O11S2. The average Bonchev–Trinajstić information content (AvgIpc) is 3.61. The molecule has 0 radical (unpaired) electrons. The molecule has 2 saturated heterocycles. The highest BCUT2D eigenvalue weighted by Gasteiger charge is 2.59. The Morgan fingerprint density at radius 2 is 1.71 bits per heavy atom. The number of rotatable bonds is 14. The number of anilines is 1. The number of nitrogens with zero attached hydrogens (tertiary/aromatic N) is 3. The predicted octanol–water partition coefficient (Wildman–Crippen LogP) is 3.89. The number of hydrogen-bond acceptors (Lipinski definition) is 15. The van der Waals surface area contributed by atoms with Gasteiger partial charge in [0, 0.05) is 55.1 Å². The molecule has 0 aromatic carbocycles. The van der Waals surface area contributed by atoms with Crippen LogP contribution in [-0.4, -0.2) is 95.5 Å². The van der Waals surface area contributed by atoms with Crippen LogP contribution in [-0.2, 0) is 38.1 Å². The van der Waals surface area contributed by atoms with Crippen molar-refractivity contribution in [3.8, 4) is 12.3 Å². The Morgan fingerprint density at radius 3 is 2.31 bits per heavy atom. The van der Waals surface area contributed by atoms with Crippen molar-refractivity contribution in [3.63, 3.8) is 0 Å². The number of thiazole rings is 1. The summed E-state index contributed by atoms with van der Waals surface area (Å²) >= 11 is 2.69. The monoisotopic (exact) mass is 761 g/mol. The minimum absolute atomic E-state index is 0.0231. The SMILES string of the molecule is C#CC1C(SC2CN(c3nc(C(=O)NC(CNC(=O)OC(C)OC(C)=O)=C(C)C)cs3)C2)=C(C(=O)OC(C)OC(=O)OC(C)C)N2C(=O)C(CC)C12. The zero-order valence-corrected chi connectivity index (χ0v) is 31.8. The van der Waals surface area contributed by atoms with Gasteiger partial charge < -0.3 is 39.2 Å². The van der Waals surface area contributed by atoms with Crippen LogP contribution in [0.4, 0.5) is 14.7 Å². The molecule has 3 aliphatic rings. The lowest BCUT2D eigenvalue weighted by atomic mass is 9.80. The molecule has 52 heavy (non-hydrogen) atoms. The van der Waals surface area contributed by atoms with Gasteiger partial charge in [0.25, 0.3) is 5.91 Å². The second-order valence-electron chi connectivity index (χ2n) is 12.6. The molecule has 282 valence electrons. The molecule has 16 nitrogen and oxygen atoms in total. The van der Waals surface area contributed by atoms with Gasteiger partial charge in [0.1, 0.15) is 11.4 Å². The fourth-order valence-electron chi connectivity index (χ4n) is 5.66. The Bertz CT molecular complexity index is 1690. The third-order valence-electron chi connectivity index (χ3n) is 8.06. The van der Waals surface area contributed by atoms with Crippen LogP contribution >= 0.6 is 23.1 Å². The molecule has 3 aliphatic heterocycles. The molecule has 0 spiro atoms. The maximum absolute atomic E-state index is 13.5. The van der Waals surface area contributed by atoms with Crippen LogP contribution in [0.15, 0.2) is 27.3 Å². The summed E-state index contributed by atoms with van der Waals surface area (Å²) in [6.07, 6.45) is 1.93. The lowest BCUT2D eigenvalue weighted by Crippen LogP contribution is -2.60. The summed E-state index contributed by atoms with van der Waals surface area (Å²) < 4.78 is 25.2. The van der Waals surface area contributed by atoms with Gasteiger partial charge in [0.2, 0.25) is 18.5 Å². The number of carbonyl (C=O) groups excluding carboxylic acids is 6. The van der Waals surface area contributed by atoms with Crippen molar-refractivity contribution < 1.29 is 52.5 Å². The highest BCUT2D eigenvalue weighted by molar-refractivity contribution is 8.03. The van der Waals surface area contributed by atoms with Crippen LogP contribution < -0.4 is 15.5 Å². The van der Waals surface area contributed by atoms with Crippen molar-refractivity contribution in [3.05, 3.63) is 32.9 Å². The number of β-lactam (4-membered cyclic amide) rings is 1. The van der Waals surface area contributed by atoms with E-state index >= 15 is 0 Å². The van der Waals surface area contributed by atoms with Gasteiger partial charge in [-0.2, -0.15) is 0 Å². The number of fused-ring (bicyclic) bond motifs is 1. The first kappa shape index (κ1) is 40.0. The highest BCUT2D eigenvalue weighted by Crippen LogP contribution is 2.52. The van der Waals surface area contributed by atoms with Crippen LogP contribution in [0.3, 0.4) is 0 Å². The first-order valence-electron chi connectivity index (χ1n) is 16.6. The average molecular weight is 762 g/mol. The van der Waals surface area contributed by atoms with Gasteiger partial charge in [-0.25, -0.2) is 19.4 Å². The van der Waals surface area contributed by atoms with E-state index in [4.69, 9.17) is 30.1 Å². The van der Waals surface area contributed by atoms with E-state index in [0.717, 1.165) is 5.57 Å². The lowest BCUT2D eigenvalue weighted by Gasteiger charge is -2.44. The predicted molar refractivity (Wildman–Crippen MR) is 189 cm³/mol. The van der Waals surface area contributed by atoms with Crippen LogP contribution in [0.1, 0.15) is 72.3 Å². The second kappa shape index (κ2) is 17.2. The number of aromatic nitrogens is 1. The van der Waals surface area contributed by atoms with E-state index in [1.807, 2.05) is 11.8 Å².